The topological polar surface area (TPSA) is 71.2 Å². The average Bonchev–Trinajstić information content (AvgIpc) is 3.43. The fourth-order valence-electron chi connectivity index (χ4n) is 5.12. The number of aryl methyl sites for hydroxylation is 1. The van der Waals surface area contributed by atoms with Gasteiger partial charge in [-0.1, -0.05) is 18.2 Å². The predicted octanol–water partition coefficient (Wildman–Crippen LogP) is 4.59. The van der Waals surface area contributed by atoms with Gasteiger partial charge in [0.2, 0.25) is 0 Å². The molecule has 1 aromatic carbocycles. The number of allylic oxidation sites excluding steroid dienone is 3. The Kier molecular flexibility index (Phi) is 6.45. The van der Waals surface area contributed by atoms with E-state index in [-0.39, 0.29) is 35.8 Å². The van der Waals surface area contributed by atoms with Crippen molar-refractivity contribution < 1.29 is 23.1 Å². The Balaban J connectivity index is 1.12. The lowest BCUT2D eigenvalue weighted by atomic mass is 9.97. The van der Waals surface area contributed by atoms with Gasteiger partial charge in [-0.15, -0.1) is 0 Å². The maximum Gasteiger partial charge on any atom is 0.416 e. The molecule has 198 valence electrons. The zero-order valence-corrected chi connectivity index (χ0v) is 20.9. The number of carbonyl (C=O) groups excluding carboxylic acids is 1. The Hall–Kier alpha value is -4.00. The Bertz CT molecular complexity index is 1570. The standard InChI is InChI=1S/C30H25F3N4O2/c31-30(32,33)27-15-21(2-3-22(27)17-36-11-9-25(38)18-36)28(39)6-1-19-7-10-34-23(13-19)4-5-24-16-35-29-26-14-20(26)8-12-37(24)29/h2-3,7-8,10,12-16,25-26,38H,1,6,9,11,17-18H2/t25-,26-/m1/s1. The summed E-state index contributed by atoms with van der Waals surface area (Å²) in [5.41, 5.74) is 2.73. The van der Waals surface area contributed by atoms with Crippen LogP contribution in [0.5, 0.6) is 0 Å². The number of rotatable bonds is 6. The van der Waals surface area contributed by atoms with Crippen LogP contribution in [0.4, 0.5) is 13.2 Å². The number of Topliss-reactive ketones (excluding diaryl/α,β-unsaturated/α-hetero) is 1. The number of carbonyl (C=O) groups is 1. The number of halogens is 3. The summed E-state index contributed by atoms with van der Waals surface area (Å²) in [4.78, 5) is 23.4. The molecule has 0 spiro atoms. The number of nitrogens with zero attached hydrogens (tertiary/aromatic N) is 4. The van der Waals surface area contributed by atoms with Gasteiger partial charge < -0.3 is 5.11 Å². The van der Waals surface area contributed by atoms with Crippen LogP contribution in [0.25, 0.3) is 6.20 Å². The fourth-order valence-corrected chi connectivity index (χ4v) is 5.12. The maximum atomic E-state index is 13.8. The number of ketones is 1. The summed E-state index contributed by atoms with van der Waals surface area (Å²) < 4.78 is 43.4. The number of aliphatic hydroxyl groups excluding tert-OH is 1. The number of alkyl halides is 3. The normalized spacial score (nSPS) is 19.6. The Labute approximate surface area is 223 Å². The minimum Gasteiger partial charge on any atom is -0.392 e. The van der Waals surface area contributed by atoms with Gasteiger partial charge in [0.15, 0.2) is 5.78 Å². The van der Waals surface area contributed by atoms with E-state index in [0.717, 1.165) is 23.1 Å². The largest absolute Gasteiger partial charge is 0.416 e. The molecule has 3 aliphatic rings. The van der Waals surface area contributed by atoms with Gasteiger partial charge in [-0.05, 0) is 65.7 Å². The van der Waals surface area contributed by atoms with Crippen molar-refractivity contribution >= 4 is 12.0 Å². The Morgan fingerprint density at radius 1 is 1.15 bits per heavy atom. The molecule has 2 aliphatic heterocycles. The molecular weight excluding hydrogens is 505 g/mol. The zero-order valence-electron chi connectivity index (χ0n) is 20.9. The molecule has 1 fully saturated rings. The highest BCUT2D eigenvalue weighted by Crippen LogP contribution is 2.42. The van der Waals surface area contributed by atoms with Crippen molar-refractivity contribution in [1.29, 1.82) is 0 Å². The summed E-state index contributed by atoms with van der Waals surface area (Å²) in [5, 5.41) is 9.69. The smallest absolute Gasteiger partial charge is 0.392 e. The molecule has 0 unspecified atom stereocenters. The van der Waals surface area contributed by atoms with Crippen LogP contribution in [0.15, 0.2) is 60.5 Å². The summed E-state index contributed by atoms with van der Waals surface area (Å²) >= 11 is 0. The third-order valence-electron chi connectivity index (χ3n) is 7.29. The van der Waals surface area contributed by atoms with E-state index in [1.165, 1.54) is 17.7 Å². The first kappa shape index (κ1) is 25.3. The third kappa shape index (κ3) is 5.44. The average molecular weight is 531 g/mol. The van der Waals surface area contributed by atoms with Crippen LogP contribution in [0.2, 0.25) is 0 Å². The molecule has 0 amide bonds. The number of likely N-dealkylation sites (tertiary alicyclic amines) is 1. The quantitative estimate of drug-likeness (QED) is 0.373. The maximum absolute atomic E-state index is 13.8. The van der Waals surface area contributed by atoms with Gasteiger partial charge >= 0.3 is 6.18 Å². The highest BCUT2D eigenvalue weighted by Gasteiger charge is 2.35. The molecule has 6 nitrogen and oxygen atoms in total. The number of aromatic nitrogens is 3. The number of pyridine rings is 1. The molecule has 6 rings (SSSR count). The van der Waals surface area contributed by atoms with Gasteiger partial charge in [-0.25, -0.2) is 9.97 Å². The van der Waals surface area contributed by atoms with Crippen molar-refractivity contribution in [1.82, 2.24) is 19.4 Å². The van der Waals surface area contributed by atoms with Crippen LogP contribution in [0.1, 0.15) is 63.0 Å². The number of imidazole rings is 1. The van der Waals surface area contributed by atoms with Gasteiger partial charge in [-0.3, -0.25) is 14.3 Å². The van der Waals surface area contributed by atoms with Crippen LogP contribution in [-0.2, 0) is 19.1 Å². The van der Waals surface area contributed by atoms with E-state index >= 15 is 0 Å². The van der Waals surface area contributed by atoms with Crippen LogP contribution >= 0.6 is 0 Å². The SMILES string of the molecule is O=C(CCc1ccnc(C#Cc2cnc3n2C=CC2=C[C@H]23)c1)c1ccc(CN2CC[C@@H](O)C2)c(C(F)(F)F)c1. The minimum absolute atomic E-state index is 0.0356. The van der Waals surface area contributed by atoms with Crippen molar-refractivity contribution in [2.45, 2.75) is 44.0 Å². The van der Waals surface area contributed by atoms with Crippen molar-refractivity contribution in [2.24, 2.45) is 0 Å². The molecular formula is C30H25F3N4O2. The number of fused-ring (bicyclic) bond motifs is 3. The number of β-amino-alcohol motifs (C(OH)–C–C–N with tert-alkyl or cyclic N) is 1. The molecule has 39 heavy (non-hydrogen) atoms. The molecule has 9 heteroatoms. The van der Waals surface area contributed by atoms with Crippen molar-refractivity contribution in [2.75, 3.05) is 13.1 Å². The van der Waals surface area contributed by atoms with Gasteiger partial charge in [0.05, 0.1) is 23.8 Å². The Morgan fingerprint density at radius 3 is 2.82 bits per heavy atom. The first-order chi connectivity index (χ1) is 18.7. The number of hydrogen-bond acceptors (Lipinski definition) is 5. The van der Waals surface area contributed by atoms with Crippen molar-refractivity contribution in [3.05, 3.63) is 99.9 Å². The summed E-state index contributed by atoms with van der Waals surface area (Å²) in [6.45, 7) is 0.965. The molecule has 2 atom stereocenters. The molecule has 3 aromatic rings. The van der Waals surface area contributed by atoms with Gasteiger partial charge in [-0.2, -0.15) is 13.2 Å². The second kappa shape index (κ2) is 9.95. The minimum atomic E-state index is -4.58. The second-order valence-corrected chi connectivity index (χ2v) is 10.1. The number of aliphatic hydroxyl groups is 1. The van der Waals surface area contributed by atoms with Gasteiger partial charge in [0.25, 0.3) is 0 Å². The van der Waals surface area contributed by atoms with E-state index in [0.29, 0.717) is 31.6 Å². The Morgan fingerprint density at radius 2 is 2.03 bits per heavy atom. The lowest BCUT2D eigenvalue weighted by molar-refractivity contribution is -0.138. The first-order valence-electron chi connectivity index (χ1n) is 12.8. The number of benzene rings is 1. The van der Waals surface area contributed by atoms with E-state index in [1.807, 2.05) is 16.8 Å². The lowest BCUT2D eigenvalue weighted by Gasteiger charge is -2.19. The zero-order chi connectivity index (χ0) is 27.1. The first-order valence-corrected chi connectivity index (χ1v) is 12.8. The predicted molar refractivity (Wildman–Crippen MR) is 139 cm³/mol. The monoisotopic (exact) mass is 530 g/mol. The van der Waals surface area contributed by atoms with E-state index in [2.05, 4.69) is 27.9 Å². The molecule has 2 aromatic heterocycles. The summed E-state index contributed by atoms with van der Waals surface area (Å²) in [7, 11) is 0. The summed E-state index contributed by atoms with van der Waals surface area (Å²) in [6, 6.07) is 7.36. The van der Waals surface area contributed by atoms with Crippen LogP contribution in [0, 0.1) is 11.8 Å². The molecule has 1 saturated heterocycles. The molecule has 0 saturated carbocycles. The van der Waals surface area contributed by atoms with E-state index in [9.17, 15) is 23.1 Å². The molecule has 4 heterocycles. The highest BCUT2D eigenvalue weighted by molar-refractivity contribution is 5.96. The van der Waals surface area contributed by atoms with Crippen LogP contribution in [-0.4, -0.2) is 49.5 Å². The van der Waals surface area contributed by atoms with Crippen molar-refractivity contribution in [3.63, 3.8) is 0 Å². The molecule has 1 N–H and O–H groups in total. The summed E-state index contributed by atoms with van der Waals surface area (Å²) in [5.74, 6) is 7.02. The molecule has 0 radical (unpaired) electrons. The van der Waals surface area contributed by atoms with Gasteiger partial charge in [0.1, 0.15) is 17.2 Å². The third-order valence-corrected chi connectivity index (χ3v) is 7.29. The van der Waals surface area contributed by atoms with Crippen LogP contribution < -0.4 is 0 Å². The highest BCUT2D eigenvalue weighted by atomic mass is 19.4. The summed E-state index contributed by atoms with van der Waals surface area (Å²) in [6.07, 6.45) is 5.35. The fraction of sp³-hybridized carbons (Fsp3) is 0.300. The van der Waals surface area contributed by atoms with Crippen LogP contribution in [0.3, 0.4) is 0 Å². The van der Waals surface area contributed by atoms with Gasteiger partial charge in [0, 0.05) is 44.0 Å². The van der Waals surface area contributed by atoms with Crippen molar-refractivity contribution in [3.8, 4) is 11.8 Å². The molecule has 0 bridgehead atoms. The lowest BCUT2D eigenvalue weighted by Crippen LogP contribution is -2.23. The van der Waals surface area contributed by atoms with E-state index in [1.54, 1.807) is 29.4 Å². The van der Waals surface area contributed by atoms with E-state index in [4.69, 9.17) is 0 Å². The second-order valence-electron chi connectivity index (χ2n) is 10.1. The number of hydrogen-bond donors (Lipinski definition) is 1. The molecule has 1 aliphatic carbocycles. The van der Waals surface area contributed by atoms with E-state index < -0.39 is 17.8 Å².